The lowest BCUT2D eigenvalue weighted by Crippen LogP contribution is -2.28. The van der Waals surface area contributed by atoms with Crippen LogP contribution in [0.15, 0.2) is 27.8 Å². The average molecular weight is 461 g/mol. The predicted molar refractivity (Wildman–Crippen MR) is 123 cm³/mol. The van der Waals surface area contributed by atoms with Crippen molar-refractivity contribution in [1.29, 1.82) is 0 Å². The molecule has 0 spiro atoms. The maximum atomic E-state index is 13.1. The van der Waals surface area contributed by atoms with Crippen LogP contribution in [0.4, 0.5) is 0 Å². The van der Waals surface area contributed by atoms with Crippen LogP contribution in [0.1, 0.15) is 33.5 Å². The zero-order valence-corrected chi connectivity index (χ0v) is 20.1. The molecule has 3 heterocycles. The van der Waals surface area contributed by atoms with Crippen molar-refractivity contribution in [2.75, 3.05) is 6.54 Å². The molecule has 158 valence electrons. The summed E-state index contributed by atoms with van der Waals surface area (Å²) in [7, 11) is -3.61. The van der Waals surface area contributed by atoms with Crippen molar-refractivity contribution >= 4 is 37.7 Å². The second-order valence-electron chi connectivity index (χ2n) is 7.44. The van der Waals surface area contributed by atoms with E-state index in [0.717, 1.165) is 43.3 Å². The molecule has 3 aromatic heterocycles. The van der Waals surface area contributed by atoms with E-state index in [1.54, 1.807) is 11.3 Å². The van der Waals surface area contributed by atoms with Gasteiger partial charge in [-0.3, -0.25) is 0 Å². The Morgan fingerprint density at radius 3 is 2.30 bits per heavy atom. The highest BCUT2D eigenvalue weighted by molar-refractivity contribution is 7.89. The number of nitrogens with zero attached hydrogens (tertiary/aromatic N) is 3. The smallest absolute Gasteiger partial charge is 0.211 e. The highest BCUT2D eigenvalue weighted by Crippen LogP contribution is 2.29. The lowest BCUT2D eigenvalue weighted by molar-refractivity contribution is 0.579. The fourth-order valence-electron chi connectivity index (χ4n) is 3.66. The molecule has 0 saturated carbocycles. The largest absolute Gasteiger partial charge is 0.241 e. The molecule has 1 N–H and O–H groups in total. The van der Waals surface area contributed by atoms with Crippen LogP contribution in [0, 0.1) is 34.6 Å². The van der Waals surface area contributed by atoms with E-state index in [-0.39, 0.29) is 0 Å². The van der Waals surface area contributed by atoms with Gasteiger partial charge in [0.1, 0.15) is 0 Å². The molecule has 0 fully saturated rings. The Morgan fingerprint density at radius 2 is 1.67 bits per heavy atom. The Labute approximate surface area is 184 Å². The summed E-state index contributed by atoms with van der Waals surface area (Å²) in [6, 6.07) is 3.97. The molecule has 0 radical (unpaired) electrons. The van der Waals surface area contributed by atoms with E-state index in [1.165, 1.54) is 11.3 Å². The number of hydrogen-bond acceptors (Lipinski definition) is 6. The number of sulfonamides is 1. The minimum atomic E-state index is -3.61. The van der Waals surface area contributed by atoms with Crippen molar-refractivity contribution in [1.82, 2.24) is 19.3 Å². The van der Waals surface area contributed by atoms with Crippen molar-refractivity contribution in [3.8, 4) is 10.7 Å². The molecule has 30 heavy (non-hydrogen) atoms. The zero-order valence-electron chi connectivity index (χ0n) is 17.6. The molecule has 6 nitrogen and oxygen atoms in total. The molecule has 0 amide bonds. The van der Waals surface area contributed by atoms with Gasteiger partial charge in [-0.1, -0.05) is 6.07 Å². The van der Waals surface area contributed by atoms with Gasteiger partial charge in [-0.15, -0.1) is 27.8 Å². The minimum Gasteiger partial charge on any atom is -0.211 e. The Balaban J connectivity index is 1.55. The van der Waals surface area contributed by atoms with Crippen molar-refractivity contribution in [3.05, 3.63) is 56.4 Å². The number of fused-ring (bicyclic) bond motifs is 1. The van der Waals surface area contributed by atoms with E-state index in [1.807, 2.05) is 62.0 Å². The molecule has 9 heteroatoms. The van der Waals surface area contributed by atoms with Crippen molar-refractivity contribution in [3.63, 3.8) is 0 Å². The zero-order chi connectivity index (χ0) is 21.6. The number of thiazole rings is 1. The topological polar surface area (TPSA) is 76.4 Å². The minimum absolute atomic E-state index is 0.299. The average Bonchev–Trinajstić information content (AvgIpc) is 3.42. The first-order valence-corrected chi connectivity index (χ1v) is 12.9. The summed E-state index contributed by atoms with van der Waals surface area (Å²) in [6.07, 6.45) is 0.536. The lowest BCUT2D eigenvalue weighted by atomic mass is 9.95. The van der Waals surface area contributed by atoms with Crippen LogP contribution < -0.4 is 4.72 Å². The van der Waals surface area contributed by atoms with Gasteiger partial charge in [0.15, 0.2) is 5.82 Å². The van der Waals surface area contributed by atoms with Crippen LogP contribution in [0.3, 0.4) is 0 Å². The van der Waals surface area contributed by atoms with Gasteiger partial charge in [0.05, 0.1) is 15.5 Å². The summed E-state index contributed by atoms with van der Waals surface area (Å²) in [6.45, 7) is 10.1. The van der Waals surface area contributed by atoms with Gasteiger partial charge in [-0.05, 0) is 73.9 Å². The summed E-state index contributed by atoms with van der Waals surface area (Å²) < 4.78 is 30.8. The van der Waals surface area contributed by atoms with Crippen LogP contribution >= 0.6 is 22.7 Å². The van der Waals surface area contributed by atoms with Crippen LogP contribution in [0.25, 0.3) is 15.7 Å². The normalized spacial score (nSPS) is 12.2. The first-order valence-electron chi connectivity index (χ1n) is 9.64. The number of nitrogens with one attached hydrogen (secondary N) is 1. The van der Waals surface area contributed by atoms with E-state index in [2.05, 4.69) is 14.8 Å². The van der Waals surface area contributed by atoms with Crippen LogP contribution in [0.5, 0.6) is 0 Å². The molecule has 0 atom stereocenters. The Hall–Kier alpha value is -2.07. The standard InChI is InChI=1S/C21H24N4O2S3/c1-12-13(2)15(4)19(16(5)14(12)3)30(26,27)22-9-8-17-11-29-21-23-20(24-25(17)21)18-7-6-10-28-18/h6-7,10-11,22H,8-9H2,1-5H3. The number of aromatic nitrogens is 3. The first kappa shape index (κ1) is 21.2. The third-order valence-electron chi connectivity index (χ3n) is 5.76. The van der Waals surface area contributed by atoms with Gasteiger partial charge in [-0.25, -0.2) is 17.7 Å². The Bertz CT molecular complexity index is 1300. The van der Waals surface area contributed by atoms with E-state index < -0.39 is 10.0 Å². The summed E-state index contributed by atoms with van der Waals surface area (Å²) >= 11 is 3.11. The van der Waals surface area contributed by atoms with Crippen molar-refractivity contribution in [2.24, 2.45) is 0 Å². The van der Waals surface area contributed by atoms with Gasteiger partial charge < -0.3 is 0 Å². The Morgan fingerprint density at radius 1 is 1.00 bits per heavy atom. The molecule has 0 aliphatic rings. The molecule has 0 aliphatic carbocycles. The maximum absolute atomic E-state index is 13.1. The third-order valence-corrected chi connectivity index (χ3v) is 9.23. The predicted octanol–water partition coefficient (Wildman–Crippen LogP) is 4.58. The molecule has 0 saturated heterocycles. The third kappa shape index (κ3) is 3.60. The van der Waals surface area contributed by atoms with Gasteiger partial charge in [0.2, 0.25) is 15.0 Å². The molecule has 0 aliphatic heterocycles. The number of hydrogen-bond donors (Lipinski definition) is 1. The molecular formula is C21H24N4O2S3. The SMILES string of the molecule is Cc1c(C)c(C)c(S(=O)(=O)NCCc2csc3nc(-c4cccs4)nn23)c(C)c1C. The van der Waals surface area contributed by atoms with Gasteiger partial charge in [0, 0.05) is 18.3 Å². The van der Waals surface area contributed by atoms with Gasteiger partial charge in [-0.2, -0.15) is 4.98 Å². The highest BCUT2D eigenvalue weighted by atomic mass is 32.2. The fraction of sp³-hybridized carbons (Fsp3) is 0.333. The lowest BCUT2D eigenvalue weighted by Gasteiger charge is -2.19. The molecule has 4 rings (SSSR count). The van der Waals surface area contributed by atoms with Crippen molar-refractivity contribution < 1.29 is 8.42 Å². The second kappa shape index (κ2) is 7.88. The number of benzene rings is 1. The molecule has 1 aromatic carbocycles. The highest BCUT2D eigenvalue weighted by Gasteiger charge is 2.23. The van der Waals surface area contributed by atoms with Crippen LogP contribution in [0.2, 0.25) is 0 Å². The molecule has 0 unspecified atom stereocenters. The molecular weight excluding hydrogens is 436 g/mol. The second-order valence-corrected chi connectivity index (χ2v) is 10.9. The quantitative estimate of drug-likeness (QED) is 0.457. The molecule has 4 aromatic rings. The summed E-state index contributed by atoms with van der Waals surface area (Å²) in [4.78, 5) is 6.81. The van der Waals surface area contributed by atoms with Crippen molar-refractivity contribution in [2.45, 2.75) is 45.9 Å². The van der Waals surface area contributed by atoms with E-state index >= 15 is 0 Å². The van der Waals surface area contributed by atoms with Gasteiger partial charge >= 0.3 is 0 Å². The summed E-state index contributed by atoms with van der Waals surface area (Å²) in [5.41, 5.74) is 5.79. The van der Waals surface area contributed by atoms with E-state index in [9.17, 15) is 8.42 Å². The monoisotopic (exact) mass is 460 g/mol. The first-order chi connectivity index (χ1) is 14.2. The van der Waals surface area contributed by atoms with E-state index in [0.29, 0.717) is 23.7 Å². The summed E-state index contributed by atoms with van der Waals surface area (Å²) in [5.74, 6) is 0.704. The number of rotatable bonds is 6. The van der Waals surface area contributed by atoms with Gasteiger partial charge in [0.25, 0.3) is 0 Å². The van der Waals surface area contributed by atoms with E-state index in [4.69, 9.17) is 0 Å². The maximum Gasteiger partial charge on any atom is 0.241 e. The van der Waals surface area contributed by atoms with Crippen LogP contribution in [-0.2, 0) is 16.4 Å². The molecule has 0 bridgehead atoms. The van der Waals surface area contributed by atoms with Crippen LogP contribution in [-0.4, -0.2) is 29.6 Å². The number of thiophene rings is 1. The summed E-state index contributed by atoms with van der Waals surface area (Å²) in [5, 5.41) is 8.58. The Kier molecular flexibility index (Phi) is 5.56. The fourth-order valence-corrected chi connectivity index (χ4v) is 6.80.